The smallest absolute Gasteiger partial charge is 0.227 e. The van der Waals surface area contributed by atoms with Gasteiger partial charge in [0.2, 0.25) is 5.89 Å². The zero-order valence-corrected chi connectivity index (χ0v) is 28.3. The first-order valence-electron chi connectivity index (χ1n) is 18.0. The molecule has 0 saturated carbocycles. The molecule has 1 heterocycles. The fourth-order valence-electron chi connectivity index (χ4n) is 8.71. The Labute approximate surface area is 301 Å². The Morgan fingerprint density at radius 1 is 0.519 bits per heavy atom. The average Bonchev–Trinajstić information content (AvgIpc) is 3.80. The van der Waals surface area contributed by atoms with E-state index in [0.717, 1.165) is 55.3 Å². The van der Waals surface area contributed by atoms with Crippen LogP contribution in [-0.2, 0) is 0 Å². The Morgan fingerprint density at radius 2 is 1.17 bits per heavy atom. The summed E-state index contributed by atoms with van der Waals surface area (Å²) in [5.74, 6) is 1.33. The van der Waals surface area contributed by atoms with E-state index < -0.39 is 0 Å². The third-order valence-electron chi connectivity index (χ3n) is 11.1. The van der Waals surface area contributed by atoms with Crippen molar-refractivity contribution in [2.45, 2.75) is 0 Å². The maximum Gasteiger partial charge on any atom is 0.227 e. The zero-order valence-electron chi connectivity index (χ0n) is 28.3. The minimum Gasteiger partial charge on any atom is -0.436 e. The van der Waals surface area contributed by atoms with Crippen LogP contribution in [-0.4, -0.2) is 4.98 Å². The first-order valence-corrected chi connectivity index (χ1v) is 18.0. The summed E-state index contributed by atoms with van der Waals surface area (Å²) in [4.78, 5) is 7.36. The van der Waals surface area contributed by atoms with Gasteiger partial charge in [-0.15, -0.1) is 0 Å². The number of hydrogen-bond acceptors (Lipinski definition) is 3. The molecule has 3 aliphatic carbocycles. The Morgan fingerprint density at radius 3 is 1.98 bits per heavy atom. The number of benzene rings is 7. The summed E-state index contributed by atoms with van der Waals surface area (Å²) >= 11 is 0. The van der Waals surface area contributed by atoms with Gasteiger partial charge in [-0.1, -0.05) is 127 Å². The summed E-state index contributed by atoms with van der Waals surface area (Å²) in [7, 11) is 0. The third-order valence-corrected chi connectivity index (χ3v) is 11.1. The standard InChI is InChI=1S/C49H32N2O/c1-3-10-33(11-4-1)49-50-48-45(52-49)29-22-32-18-19-34-30-37(25-26-39(34)46(32)48)51(35-12-5-2-6-13-35)36-23-20-31(21-24-36)38-27-28-44-41-15-8-7-14-40(41)43-17-9-16-42(38)47(43)44/h1-30,42,47H. The van der Waals surface area contributed by atoms with Crippen LogP contribution < -0.4 is 4.90 Å². The summed E-state index contributed by atoms with van der Waals surface area (Å²) in [6, 6.07) is 54.1. The van der Waals surface area contributed by atoms with Crippen LogP contribution in [0.5, 0.6) is 0 Å². The minimum atomic E-state index is 0.318. The Bertz CT molecular complexity index is 2840. The summed E-state index contributed by atoms with van der Waals surface area (Å²) in [6.07, 6.45) is 11.6. The van der Waals surface area contributed by atoms with Crippen LogP contribution in [0.1, 0.15) is 16.7 Å². The van der Waals surface area contributed by atoms with E-state index in [4.69, 9.17) is 9.40 Å². The SMILES string of the molecule is C1=CC2C(c3ccc(N(c4ccccc4)c4ccc5c(ccc6ccc7oc(-c8ccccc8)nc7c65)c4)cc3)=CC=C3c4ccccc4C(=C1)C32. The lowest BCUT2D eigenvalue weighted by Crippen LogP contribution is -2.18. The van der Waals surface area contributed by atoms with Crippen LogP contribution in [0.4, 0.5) is 17.1 Å². The molecule has 0 bridgehead atoms. The lowest BCUT2D eigenvalue weighted by Gasteiger charge is -2.32. The van der Waals surface area contributed by atoms with Gasteiger partial charge < -0.3 is 9.32 Å². The molecule has 3 heteroatoms. The molecule has 3 aliphatic rings. The number of aromatic nitrogens is 1. The van der Waals surface area contributed by atoms with Gasteiger partial charge in [0.15, 0.2) is 5.58 Å². The molecule has 0 spiro atoms. The highest BCUT2D eigenvalue weighted by molar-refractivity contribution is 6.19. The fraction of sp³-hybridized carbons (Fsp3) is 0.0408. The van der Waals surface area contributed by atoms with Gasteiger partial charge in [0, 0.05) is 39.8 Å². The molecule has 8 aromatic rings. The molecule has 7 aromatic carbocycles. The molecule has 0 fully saturated rings. The van der Waals surface area contributed by atoms with Crippen LogP contribution in [0.3, 0.4) is 0 Å². The second kappa shape index (κ2) is 11.4. The van der Waals surface area contributed by atoms with Gasteiger partial charge in [0.1, 0.15) is 5.52 Å². The highest BCUT2D eigenvalue weighted by Crippen LogP contribution is 2.55. The second-order valence-corrected chi connectivity index (χ2v) is 13.9. The molecule has 2 unspecified atom stereocenters. The van der Waals surface area contributed by atoms with E-state index in [0.29, 0.717) is 17.7 Å². The van der Waals surface area contributed by atoms with Crippen molar-refractivity contribution >= 4 is 66.4 Å². The monoisotopic (exact) mass is 664 g/mol. The van der Waals surface area contributed by atoms with Gasteiger partial charge in [-0.2, -0.15) is 0 Å². The second-order valence-electron chi connectivity index (χ2n) is 13.9. The molecule has 0 N–H and O–H groups in total. The molecular formula is C49H32N2O. The van der Waals surface area contributed by atoms with Gasteiger partial charge in [0.05, 0.1) is 0 Å². The maximum atomic E-state index is 6.27. The average molecular weight is 665 g/mol. The van der Waals surface area contributed by atoms with E-state index in [1.54, 1.807) is 0 Å². The van der Waals surface area contributed by atoms with E-state index in [2.05, 4.69) is 151 Å². The fourth-order valence-corrected chi connectivity index (χ4v) is 8.71. The molecule has 0 aliphatic heterocycles. The Balaban J connectivity index is 0.993. The highest BCUT2D eigenvalue weighted by Gasteiger charge is 2.40. The normalized spacial score (nSPS) is 17.1. The molecule has 0 amide bonds. The van der Waals surface area contributed by atoms with Crippen molar-refractivity contribution in [1.29, 1.82) is 0 Å². The van der Waals surface area contributed by atoms with Crippen molar-refractivity contribution in [3.8, 4) is 11.5 Å². The van der Waals surface area contributed by atoms with Crippen molar-refractivity contribution in [2.24, 2.45) is 11.8 Å². The van der Waals surface area contributed by atoms with E-state index in [1.807, 2.05) is 36.4 Å². The minimum absolute atomic E-state index is 0.318. The van der Waals surface area contributed by atoms with Crippen LogP contribution in [0.25, 0.3) is 60.8 Å². The predicted molar refractivity (Wildman–Crippen MR) is 216 cm³/mol. The summed E-state index contributed by atoms with van der Waals surface area (Å²) < 4.78 is 6.27. The van der Waals surface area contributed by atoms with E-state index in [9.17, 15) is 0 Å². The number of oxazole rings is 1. The molecule has 244 valence electrons. The van der Waals surface area contributed by atoms with Crippen molar-refractivity contribution < 1.29 is 4.42 Å². The van der Waals surface area contributed by atoms with Crippen molar-refractivity contribution in [3.63, 3.8) is 0 Å². The number of nitrogens with zero attached hydrogens (tertiary/aromatic N) is 2. The van der Waals surface area contributed by atoms with Crippen molar-refractivity contribution in [2.75, 3.05) is 4.90 Å². The maximum absolute atomic E-state index is 6.27. The van der Waals surface area contributed by atoms with E-state index in [-0.39, 0.29) is 0 Å². The predicted octanol–water partition coefficient (Wildman–Crippen LogP) is 13.0. The van der Waals surface area contributed by atoms with Gasteiger partial charge in [-0.3, -0.25) is 0 Å². The molecule has 2 atom stereocenters. The summed E-state index contributed by atoms with van der Waals surface area (Å²) in [5, 5.41) is 4.57. The van der Waals surface area contributed by atoms with Crippen LogP contribution >= 0.6 is 0 Å². The first kappa shape index (κ1) is 29.1. The van der Waals surface area contributed by atoms with E-state index >= 15 is 0 Å². The molecule has 52 heavy (non-hydrogen) atoms. The number of anilines is 3. The van der Waals surface area contributed by atoms with Gasteiger partial charge in [0.25, 0.3) is 0 Å². The zero-order chi connectivity index (χ0) is 34.2. The molecule has 1 aromatic heterocycles. The molecular weight excluding hydrogens is 633 g/mol. The molecule has 11 rings (SSSR count). The van der Waals surface area contributed by atoms with Gasteiger partial charge >= 0.3 is 0 Å². The third kappa shape index (κ3) is 4.42. The topological polar surface area (TPSA) is 29.3 Å². The lowest BCUT2D eigenvalue weighted by molar-refractivity contribution is 0.620. The molecule has 0 radical (unpaired) electrons. The Kier molecular flexibility index (Phi) is 6.38. The quantitative estimate of drug-likeness (QED) is 0.172. The van der Waals surface area contributed by atoms with Crippen LogP contribution in [0, 0.1) is 11.8 Å². The number of rotatable bonds is 5. The molecule has 3 nitrogen and oxygen atoms in total. The number of para-hydroxylation sites is 1. The van der Waals surface area contributed by atoms with Crippen LogP contribution in [0.15, 0.2) is 186 Å². The summed E-state index contributed by atoms with van der Waals surface area (Å²) in [5.41, 5.74) is 14.2. The number of hydrogen-bond donors (Lipinski definition) is 0. The van der Waals surface area contributed by atoms with Crippen LogP contribution in [0.2, 0.25) is 0 Å². The first-order chi connectivity index (χ1) is 25.8. The largest absolute Gasteiger partial charge is 0.436 e. The number of allylic oxidation sites excluding steroid dienone is 8. The van der Waals surface area contributed by atoms with Gasteiger partial charge in [-0.25, -0.2) is 4.98 Å². The molecule has 0 saturated heterocycles. The van der Waals surface area contributed by atoms with Gasteiger partial charge in [-0.05, 0) is 104 Å². The Hall–Kier alpha value is -6.71. The number of fused-ring (bicyclic) bond motifs is 8. The van der Waals surface area contributed by atoms with Crippen molar-refractivity contribution in [3.05, 3.63) is 199 Å². The highest BCUT2D eigenvalue weighted by atomic mass is 16.3. The van der Waals surface area contributed by atoms with Crippen molar-refractivity contribution in [1.82, 2.24) is 4.98 Å². The van der Waals surface area contributed by atoms with E-state index in [1.165, 1.54) is 33.4 Å². The lowest BCUT2D eigenvalue weighted by atomic mass is 9.72. The summed E-state index contributed by atoms with van der Waals surface area (Å²) in [6.45, 7) is 0.